The summed E-state index contributed by atoms with van der Waals surface area (Å²) >= 11 is 0. The highest BCUT2D eigenvalue weighted by atomic mass is 16.2. The minimum Gasteiger partial charge on any atom is -0.315 e. The van der Waals surface area contributed by atoms with Gasteiger partial charge in [0.15, 0.2) is 0 Å². The van der Waals surface area contributed by atoms with Crippen molar-refractivity contribution in [2.75, 3.05) is 13.1 Å². The van der Waals surface area contributed by atoms with Crippen LogP contribution in [0, 0.1) is 0 Å². The van der Waals surface area contributed by atoms with E-state index >= 15 is 0 Å². The molecule has 90 valence electrons. The lowest BCUT2D eigenvalue weighted by Crippen LogP contribution is -2.33. The standard InChI is InChI=1S/C12H15N3O2/c1-2-13-7-8-15-12(17)10-6-4-3-5-9(10)11(16)14-15/h3-6,13H,2,7-8H2,1H3,(H,14,16). The molecule has 1 aromatic heterocycles. The minimum atomic E-state index is -0.225. The van der Waals surface area contributed by atoms with Gasteiger partial charge in [-0.05, 0) is 18.7 Å². The van der Waals surface area contributed by atoms with Gasteiger partial charge < -0.3 is 5.32 Å². The van der Waals surface area contributed by atoms with E-state index in [1.54, 1.807) is 24.3 Å². The molecule has 5 heteroatoms. The molecule has 2 aromatic rings. The first kappa shape index (κ1) is 11.6. The lowest BCUT2D eigenvalue weighted by molar-refractivity contribution is 0.539. The summed E-state index contributed by atoms with van der Waals surface area (Å²) in [4.78, 5) is 23.8. The van der Waals surface area contributed by atoms with Gasteiger partial charge in [-0.25, -0.2) is 4.68 Å². The second-order valence-corrected chi connectivity index (χ2v) is 3.80. The largest absolute Gasteiger partial charge is 0.315 e. The monoisotopic (exact) mass is 233 g/mol. The molecule has 17 heavy (non-hydrogen) atoms. The summed E-state index contributed by atoms with van der Waals surface area (Å²) in [6, 6.07) is 6.85. The molecule has 0 aliphatic rings. The molecule has 0 aliphatic carbocycles. The van der Waals surface area contributed by atoms with Crippen molar-refractivity contribution in [2.24, 2.45) is 0 Å². The first-order valence-corrected chi connectivity index (χ1v) is 5.66. The van der Waals surface area contributed by atoms with Gasteiger partial charge in [-0.1, -0.05) is 19.1 Å². The number of aromatic amines is 1. The van der Waals surface area contributed by atoms with Gasteiger partial charge in [0.05, 0.1) is 17.3 Å². The van der Waals surface area contributed by atoms with Crippen molar-refractivity contribution in [3.8, 4) is 0 Å². The quantitative estimate of drug-likeness (QED) is 0.746. The summed E-state index contributed by atoms with van der Waals surface area (Å²) in [5, 5.41) is 6.60. The zero-order chi connectivity index (χ0) is 12.3. The SMILES string of the molecule is CCNCCn1[nH]c(=O)c2ccccc2c1=O. The number of hydrogen-bond donors (Lipinski definition) is 2. The predicted molar refractivity (Wildman–Crippen MR) is 67.4 cm³/mol. The van der Waals surface area contributed by atoms with E-state index in [4.69, 9.17) is 0 Å². The van der Waals surface area contributed by atoms with Crippen LogP contribution in [-0.2, 0) is 6.54 Å². The van der Waals surface area contributed by atoms with E-state index in [-0.39, 0.29) is 11.1 Å². The number of rotatable bonds is 4. The number of nitrogens with zero attached hydrogens (tertiary/aromatic N) is 1. The van der Waals surface area contributed by atoms with E-state index < -0.39 is 0 Å². The number of benzene rings is 1. The fourth-order valence-corrected chi connectivity index (χ4v) is 1.77. The van der Waals surface area contributed by atoms with Crippen molar-refractivity contribution in [1.29, 1.82) is 0 Å². The second kappa shape index (κ2) is 4.97. The smallest absolute Gasteiger partial charge is 0.273 e. The highest BCUT2D eigenvalue weighted by Gasteiger charge is 2.05. The molecule has 0 radical (unpaired) electrons. The fraction of sp³-hybridized carbons (Fsp3) is 0.333. The van der Waals surface area contributed by atoms with E-state index in [1.807, 2.05) is 6.92 Å². The fourth-order valence-electron chi connectivity index (χ4n) is 1.77. The molecular weight excluding hydrogens is 218 g/mol. The third-order valence-corrected chi connectivity index (χ3v) is 2.65. The normalized spacial score (nSPS) is 10.9. The maximum atomic E-state index is 12.0. The van der Waals surface area contributed by atoms with Crippen LogP contribution in [-0.4, -0.2) is 22.9 Å². The van der Waals surface area contributed by atoms with Crippen molar-refractivity contribution in [3.63, 3.8) is 0 Å². The average Bonchev–Trinajstić information content (AvgIpc) is 2.36. The molecule has 0 amide bonds. The molecule has 1 aromatic carbocycles. The number of fused-ring (bicyclic) bond motifs is 1. The number of likely N-dealkylation sites (N-methyl/N-ethyl adjacent to an activating group) is 1. The van der Waals surface area contributed by atoms with Crippen LogP contribution in [0.25, 0.3) is 10.8 Å². The average molecular weight is 233 g/mol. The summed E-state index contributed by atoms with van der Waals surface area (Å²) in [5.41, 5.74) is -0.380. The molecule has 0 bridgehead atoms. The molecule has 0 unspecified atom stereocenters. The Hall–Kier alpha value is -1.88. The molecule has 2 rings (SSSR count). The van der Waals surface area contributed by atoms with Gasteiger partial charge in [-0.15, -0.1) is 0 Å². The van der Waals surface area contributed by atoms with Gasteiger partial charge >= 0.3 is 0 Å². The number of aromatic nitrogens is 2. The summed E-state index contributed by atoms with van der Waals surface area (Å²) in [5.74, 6) is 0. The van der Waals surface area contributed by atoms with Crippen molar-refractivity contribution in [3.05, 3.63) is 45.0 Å². The number of hydrogen-bond acceptors (Lipinski definition) is 3. The van der Waals surface area contributed by atoms with Crippen LogP contribution in [0.3, 0.4) is 0 Å². The van der Waals surface area contributed by atoms with E-state index in [9.17, 15) is 9.59 Å². The molecular formula is C12H15N3O2. The molecule has 0 atom stereocenters. The van der Waals surface area contributed by atoms with Crippen LogP contribution in [0.15, 0.2) is 33.9 Å². The van der Waals surface area contributed by atoms with Gasteiger partial charge in [-0.2, -0.15) is 0 Å². The lowest BCUT2D eigenvalue weighted by atomic mass is 10.2. The Morgan fingerprint density at radius 3 is 2.65 bits per heavy atom. The Balaban J connectivity index is 2.48. The summed E-state index contributed by atoms with van der Waals surface area (Å²) < 4.78 is 1.35. The van der Waals surface area contributed by atoms with Crippen LogP contribution in [0.2, 0.25) is 0 Å². The summed E-state index contributed by atoms with van der Waals surface area (Å²) in [6.45, 7) is 3.95. The van der Waals surface area contributed by atoms with Gasteiger partial charge in [0.1, 0.15) is 0 Å². The molecule has 0 fully saturated rings. The summed E-state index contributed by atoms with van der Waals surface area (Å²) in [7, 11) is 0. The Morgan fingerprint density at radius 2 is 1.94 bits per heavy atom. The van der Waals surface area contributed by atoms with Crippen LogP contribution >= 0.6 is 0 Å². The van der Waals surface area contributed by atoms with Crippen LogP contribution in [0.1, 0.15) is 6.92 Å². The molecule has 0 spiro atoms. The van der Waals surface area contributed by atoms with Gasteiger partial charge in [0.2, 0.25) is 0 Å². The lowest BCUT2D eigenvalue weighted by Gasteiger charge is -2.07. The molecule has 0 aliphatic heterocycles. The Kier molecular flexibility index (Phi) is 3.39. The Bertz CT molecular complexity index is 627. The number of H-pyrrole nitrogens is 1. The van der Waals surface area contributed by atoms with Crippen LogP contribution in [0.4, 0.5) is 0 Å². The first-order chi connectivity index (χ1) is 8.24. The third-order valence-electron chi connectivity index (χ3n) is 2.65. The highest BCUT2D eigenvalue weighted by molar-refractivity contribution is 5.80. The highest BCUT2D eigenvalue weighted by Crippen LogP contribution is 2.01. The molecule has 1 heterocycles. The number of nitrogens with one attached hydrogen (secondary N) is 2. The minimum absolute atomic E-state index is 0.155. The Labute approximate surface area is 98.1 Å². The molecule has 2 N–H and O–H groups in total. The van der Waals surface area contributed by atoms with E-state index in [0.29, 0.717) is 23.9 Å². The topological polar surface area (TPSA) is 66.9 Å². The van der Waals surface area contributed by atoms with E-state index in [0.717, 1.165) is 6.54 Å². The first-order valence-electron chi connectivity index (χ1n) is 5.66. The van der Waals surface area contributed by atoms with Crippen molar-refractivity contribution in [2.45, 2.75) is 13.5 Å². The van der Waals surface area contributed by atoms with E-state index in [1.165, 1.54) is 4.68 Å². The van der Waals surface area contributed by atoms with Crippen molar-refractivity contribution >= 4 is 10.8 Å². The van der Waals surface area contributed by atoms with Crippen molar-refractivity contribution < 1.29 is 0 Å². The third kappa shape index (κ3) is 2.29. The van der Waals surface area contributed by atoms with E-state index in [2.05, 4.69) is 10.4 Å². The van der Waals surface area contributed by atoms with Crippen LogP contribution in [0.5, 0.6) is 0 Å². The van der Waals surface area contributed by atoms with Crippen LogP contribution < -0.4 is 16.4 Å². The zero-order valence-electron chi connectivity index (χ0n) is 9.69. The molecule has 0 saturated heterocycles. The molecule has 0 saturated carbocycles. The maximum Gasteiger partial charge on any atom is 0.273 e. The molecule has 5 nitrogen and oxygen atoms in total. The zero-order valence-corrected chi connectivity index (χ0v) is 9.69. The Morgan fingerprint density at radius 1 is 1.24 bits per heavy atom. The summed E-state index contributed by atoms with van der Waals surface area (Å²) in [6.07, 6.45) is 0. The van der Waals surface area contributed by atoms with Crippen molar-refractivity contribution in [1.82, 2.24) is 15.1 Å². The second-order valence-electron chi connectivity index (χ2n) is 3.80. The predicted octanol–water partition coefficient (Wildman–Crippen LogP) is 0.299. The van der Waals surface area contributed by atoms with Gasteiger partial charge in [0, 0.05) is 6.54 Å². The van der Waals surface area contributed by atoms with Gasteiger partial charge in [0.25, 0.3) is 11.1 Å². The maximum absolute atomic E-state index is 12.0. The van der Waals surface area contributed by atoms with Gasteiger partial charge in [-0.3, -0.25) is 14.7 Å².